The molecule has 0 radical (unpaired) electrons. The molecular formula is C21H16N6O2. The van der Waals surface area contributed by atoms with Crippen molar-refractivity contribution < 1.29 is 9.21 Å². The lowest BCUT2D eigenvalue weighted by Gasteiger charge is -2.09. The zero-order valence-electron chi connectivity index (χ0n) is 15.4. The Morgan fingerprint density at radius 2 is 1.66 bits per heavy atom. The third kappa shape index (κ3) is 3.57. The van der Waals surface area contributed by atoms with Gasteiger partial charge >= 0.3 is 6.03 Å². The topological polar surface area (TPSA) is 130 Å². The Morgan fingerprint density at radius 3 is 2.28 bits per heavy atom. The van der Waals surface area contributed by atoms with Gasteiger partial charge in [0, 0.05) is 16.9 Å². The molecule has 2 heterocycles. The molecule has 8 heteroatoms. The number of hydrogen-bond acceptors (Lipinski definition) is 6. The highest BCUT2D eigenvalue weighted by Crippen LogP contribution is 2.36. The number of carbonyl (C=O) groups is 1. The second-order valence-corrected chi connectivity index (χ2v) is 6.32. The number of aryl methyl sites for hydroxylation is 1. The largest absolute Gasteiger partial charge is 0.442 e. The molecule has 0 bridgehead atoms. The number of rotatable bonds is 3. The molecule has 0 saturated carbocycles. The lowest BCUT2D eigenvalue weighted by atomic mass is 10.0. The lowest BCUT2D eigenvalue weighted by molar-refractivity contribution is 0.262. The minimum atomic E-state index is -0.384. The van der Waals surface area contributed by atoms with Gasteiger partial charge in [0.1, 0.15) is 17.9 Å². The molecule has 2 amide bonds. The molecule has 4 rings (SSSR count). The van der Waals surface area contributed by atoms with Crippen molar-refractivity contribution in [3.63, 3.8) is 0 Å². The fourth-order valence-electron chi connectivity index (χ4n) is 3.06. The van der Waals surface area contributed by atoms with Gasteiger partial charge in [0.05, 0.1) is 17.0 Å². The van der Waals surface area contributed by atoms with E-state index in [9.17, 15) is 4.79 Å². The highest BCUT2D eigenvalue weighted by molar-refractivity contribution is 6.02. The number of carbonyl (C=O) groups excluding carboxylic acids is 1. The Morgan fingerprint density at radius 1 is 1.03 bits per heavy atom. The molecule has 0 aliphatic rings. The van der Waals surface area contributed by atoms with Gasteiger partial charge in [-0.15, -0.1) is 0 Å². The average molecular weight is 384 g/mol. The Balaban J connectivity index is 1.52. The predicted molar refractivity (Wildman–Crippen MR) is 110 cm³/mol. The van der Waals surface area contributed by atoms with E-state index in [4.69, 9.17) is 15.4 Å². The van der Waals surface area contributed by atoms with Crippen LogP contribution in [0.15, 0.2) is 59.3 Å². The molecular weight excluding hydrogens is 368 g/mol. The molecule has 0 aliphatic heterocycles. The number of nitrogens with two attached hydrogens (primary N) is 1. The first-order valence-electron chi connectivity index (χ1n) is 8.73. The van der Waals surface area contributed by atoms with Crippen LogP contribution in [0, 0.1) is 18.3 Å². The Labute approximate surface area is 166 Å². The number of fused-ring (bicyclic) bond motifs is 1. The van der Waals surface area contributed by atoms with E-state index in [0.717, 1.165) is 11.1 Å². The highest BCUT2D eigenvalue weighted by atomic mass is 16.3. The number of nitrogens with one attached hydrogen (secondary N) is 2. The molecule has 29 heavy (non-hydrogen) atoms. The third-order valence-corrected chi connectivity index (χ3v) is 4.40. The lowest BCUT2D eigenvalue weighted by Crippen LogP contribution is -2.19. The first kappa shape index (κ1) is 18.0. The number of amides is 2. The van der Waals surface area contributed by atoms with Gasteiger partial charge in [-0.2, -0.15) is 5.26 Å². The number of hydrogen-bond donors (Lipinski definition) is 3. The van der Waals surface area contributed by atoms with Gasteiger partial charge in [0.15, 0.2) is 0 Å². The summed E-state index contributed by atoms with van der Waals surface area (Å²) in [7, 11) is 0. The maximum absolute atomic E-state index is 12.2. The number of aromatic nitrogens is 2. The van der Waals surface area contributed by atoms with Gasteiger partial charge in [0.25, 0.3) is 0 Å². The zero-order valence-corrected chi connectivity index (χ0v) is 15.4. The van der Waals surface area contributed by atoms with Crippen molar-refractivity contribution in [2.75, 3.05) is 16.4 Å². The van der Waals surface area contributed by atoms with Crippen molar-refractivity contribution in [3.8, 4) is 17.2 Å². The van der Waals surface area contributed by atoms with Crippen LogP contribution >= 0.6 is 0 Å². The number of anilines is 3. The fourth-order valence-corrected chi connectivity index (χ4v) is 3.06. The monoisotopic (exact) mass is 384 g/mol. The van der Waals surface area contributed by atoms with Crippen LogP contribution in [0.3, 0.4) is 0 Å². The molecule has 4 N–H and O–H groups in total. The molecule has 0 spiro atoms. The quantitative estimate of drug-likeness (QED) is 0.483. The van der Waals surface area contributed by atoms with Crippen molar-refractivity contribution in [2.24, 2.45) is 0 Å². The minimum absolute atomic E-state index is 0.353. The first-order valence-corrected chi connectivity index (χ1v) is 8.73. The van der Waals surface area contributed by atoms with E-state index in [2.05, 4.69) is 20.6 Å². The van der Waals surface area contributed by atoms with Crippen LogP contribution in [0.1, 0.15) is 11.3 Å². The molecule has 8 nitrogen and oxygen atoms in total. The van der Waals surface area contributed by atoms with E-state index in [0.29, 0.717) is 39.6 Å². The van der Waals surface area contributed by atoms with Crippen LogP contribution < -0.4 is 16.4 Å². The van der Waals surface area contributed by atoms with Crippen LogP contribution in [0.2, 0.25) is 0 Å². The summed E-state index contributed by atoms with van der Waals surface area (Å²) in [5, 5.41) is 15.0. The second-order valence-electron chi connectivity index (χ2n) is 6.32. The van der Waals surface area contributed by atoms with Crippen molar-refractivity contribution in [1.29, 1.82) is 5.26 Å². The molecule has 0 aliphatic carbocycles. The van der Waals surface area contributed by atoms with E-state index >= 15 is 0 Å². The first-order chi connectivity index (χ1) is 14.0. The predicted octanol–water partition coefficient (Wildman–Crippen LogP) is 4.30. The summed E-state index contributed by atoms with van der Waals surface area (Å²) in [5.74, 6) is 1.04. The van der Waals surface area contributed by atoms with Crippen LogP contribution in [-0.4, -0.2) is 16.0 Å². The van der Waals surface area contributed by atoms with Gasteiger partial charge in [-0.3, -0.25) is 0 Å². The zero-order chi connectivity index (χ0) is 20.4. The second kappa shape index (κ2) is 7.32. The van der Waals surface area contributed by atoms with Gasteiger partial charge in [-0.1, -0.05) is 12.1 Å². The Hall–Kier alpha value is -4.38. The van der Waals surface area contributed by atoms with Crippen molar-refractivity contribution in [3.05, 3.63) is 66.2 Å². The Kier molecular flexibility index (Phi) is 4.55. The summed E-state index contributed by atoms with van der Waals surface area (Å²) in [4.78, 5) is 20.3. The molecule has 0 atom stereocenters. The van der Waals surface area contributed by atoms with Crippen molar-refractivity contribution >= 4 is 34.3 Å². The molecule has 4 aromatic rings. The molecule has 142 valence electrons. The Bertz CT molecular complexity index is 1240. The summed E-state index contributed by atoms with van der Waals surface area (Å²) in [6.45, 7) is 1.84. The van der Waals surface area contributed by atoms with Crippen LogP contribution in [-0.2, 0) is 0 Å². The molecule has 0 saturated heterocycles. The van der Waals surface area contributed by atoms with Gasteiger partial charge in [-0.05, 0) is 48.9 Å². The molecule has 2 aromatic heterocycles. The van der Waals surface area contributed by atoms with E-state index in [1.54, 1.807) is 36.4 Å². The van der Waals surface area contributed by atoms with Crippen LogP contribution in [0.5, 0.6) is 0 Å². The SMILES string of the molecule is Cc1oc2ncnc(N)c2c1-c1ccc(NC(=O)Nc2ccc(C#N)cc2)cc1. The summed E-state index contributed by atoms with van der Waals surface area (Å²) in [6.07, 6.45) is 1.36. The highest BCUT2D eigenvalue weighted by Gasteiger charge is 2.17. The molecule has 0 unspecified atom stereocenters. The van der Waals surface area contributed by atoms with Crippen molar-refractivity contribution in [2.45, 2.75) is 6.92 Å². The maximum atomic E-state index is 12.2. The number of benzene rings is 2. The van der Waals surface area contributed by atoms with E-state index in [-0.39, 0.29) is 6.03 Å². The summed E-state index contributed by atoms with van der Waals surface area (Å²) < 4.78 is 5.68. The normalized spacial score (nSPS) is 10.5. The van der Waals surface area contributed by atoms with Gasteiger partial charge in [0.2, 0.25) is 5.71 Å². The van der Waals surface area contributed by atoms with Crippen LogP contribution in [0.4, 0.5) is 22.0 Å². The summed E-state index contributed by atoms with van der Waals surface area (Å²) >= 11 is 0. The van der Waals surface area contributed by atoms with E-state index < -0.39 is 0 Å². The third-order valence-electron chi connectivity index (χ3n) is 4.40. The summed E-state index contributed by atoms with van der Waals surface area (Å²) in [6, 6.07) is 15.5. The number of nitrogen functional groups attached to an aromatic ring is 1. The molecule has 2 aromatic carbocycles. The summed E-state index contributed by atoms with van der Waals surface area (Å²) in [5.41, 5.74) is 9.88. The van der Waals surface area contributed by atoms with Gasteiger partial charge in [-0.25, -0.2) is 14.8 Å². The maximum Gasteiger partial charge on any atom is 0.323 e. The molecule has 0 fully saturated rings. The van der Waals surface area contributed by atoms with Crippen molar-refractivity contribution in [1.82, 2.24) is 9.97 Å². The fraction of sp³-hybridized carbons (Fsp3) is 0.0476. The van der Waals surface area contributed by atoms with E-state index in [1.807, 2.05) is 25.1 Å². The van der Waals surface area contributed by atoms with Gasteiger partial charge < -0.3 is 20.8 Å². The number of urea groups is 1. The minimum Gasteiger partial charge on any atom is -0.442 e. The number of furan rings is 1. The average Bonchev–Trinajstić information content (AvgIpc) is 3.06. The van der Waals surface area contributed by atoms with Crippen LogP contribution in [0.25, 0.3) is 22.2 Å². The smallest absolute Gasteiger partial charge is 0.323 e. The number of nitriles is 1. The number of nitrogens with zero attached hydrogens (tertiary/aromatic N) is 3. The van der Waals surface area contributed by atoms with E-state index in [1.165, 1.54) is 6.33 Å². The standard InChI is InChI=1S/C21H16N6O2/c1-12-17(18-19(23)24-11-25-20(18)29-12)14-4-8-16(9-5-14)27-21(28)26-15-6-2-13(10-22)3-7-15/h2-9,11H,1H3,(H2,23,24,25)(H2,26,27,28).